The fourth-order valence-corrected chi connectivity index (χ4v) is 2.73. The minimum Gasteiger partial charge on any atom is -0.497 e. The Balaban J connectivity index is 1.60. The van der Waals surface area contributed by atoms with Crippen LogP contribution in [0.5, 0.6) is 23.0 Å². The van der Waals surface area contributed by atoms with Gasteiger partial charge in [-0.25, -0.2) is 4.79 Å². The van der Waals surface area contributed by atoms with Crippen molar-refractivity contribution in [2.24, 2.45) is 0 Å². The van der Waals surface area contributed by atoms with E-state index in [0.29, 0.717) is 47.3 Å². The van der Waals surface area contributed by atoms with Gasteiger partial charge in [-0.1, -0.05) is 0 Å². The van der Waals surface area contributed by atoms with Crippen LogP contribution in [0.15, 0.2) is 42.5 Å². The highest BCUT2D eigenvalue weighted by atomic mass is 16.5. The first kappa shape index (κ1) is 20.3. The molecule has 0 aliphatic carbocycles. The van der Waals surface area contributed by atoms with Crippen molar-refractivity contribution < 1.29 is 33.3 Å². The van der Waals surface area contributed by atoms with Gasteiger partial charge in [0.15, 0.2) is 23.9 Å². The summed E-state index contributed by atoms with van der Waals surface area (Å²) in [6.07, 6.45) is 3.56. The third kappa shape index (κ3) is 5.28. The largest absolute Gasteiger partial charge is 0.497 e. The summed E-state index contributed by atoms with van der Waals surface area (Å²) in [6, 6.07) is 10.1. The first-order valence-corrected chi connectivity index (χ1v) is 9.10. The van der Waals surface area contributed by atoms with E-state index in [1.165, 1.54) is 13.2 Å². The van der Waals surface area contributed by atoms with Gasteiger partial charge in [0.2, 0.25) is 0 Å². The SMILES string of the molecule is COc1ccc(OC)c(/C=C/C(=O)OCC(=O)c2ccc3c(c2)OCCCO3)c1. The molecule has 2 aromatic rings. The lowest BCUT2D eigenvalue weighted by Crippen LogP contribution is -2.12. The molecule has 1 aliphatic heterocycles. The van der Waals surface area contributed by atoms with E-state index in [1.54, 1.807) is 49.6 Å². The topological polar surface area (TPSA) is 80.3 Å². The summed E-state index contributed by atoms with van der Waals surface area (Å²) in [4.78, 5) is 24.4. The van der Waals surface area contributed by atoms with Crippen LogP contribution >= 0.6 is 0 Å². The molecule has 2 aromatic carbocycles. The number of Topliss-reactive ketones (excluding diaryl/α,β-unsaturated/α-hetero) is 1. The van der Waals surface area contributed by atoms with E-state index in [9.17, 15) is 9.59 Å². The summed E-state index contributed by atoms with van der Waals surface area (Å²) < 4.78 is 26.6. The fraction of sp³-hybridized carbons (Fsp3) is 0.273. The average Bonchev–Trinajstić information content (AvgIpc) is 3.00. The van der Waals surface area contributed by atoms with Crippen LogP contribution in [0.2, 0.25) is 0 Å². The highest BCUT2D eigenvalue weighted by Crippen LogP contribution is 2.30. The van der Waals surface area contributed by atoms with Crippen LogP contribution in [0.25, 0.3) is 6.08 Å². The van der Waals surface area contributed by atoms with Gasteiger partial charge in [-0.05, 0) is 42.5 Å². The lowest BCUT2D eigenvalue weighted by molar-refractivity contribution is -0.136. The number of hydrogen-bond donors (Lipinski definition) is 0. The second-order valence-electron chi connectivity index (χ2n) is 6.18. The molecular formula is C22H22O7. The number of carbonyl (C=O) groups excluding carboxylic acids is 2. The Kier molecular flexibility index (Phi) is 6.73. The first-order valence-electron chi connectivity index (χ1n) is 9.10. The number of esters is 1. The smallest absolute Gasteiger partial charge is 0.331 e. The van der Waals surface area contributed by atoms with Crippen LogP contribution in [-0.4, -0.2) is 45.8 Å². The highest BCUT2D eigenvalue weighted by molar-refractivity contribution is 5.99. The van der Waals surface area contributed by atoms with Crippen molar-refractivity contribution >= 4 is 17.8 Å². The van der Waals surface area contributed by atoms with Crippen LogP contribution in [0, 0.1) is 0 Å². The van der Waals surface area contributed by atoms with E-state index >= 15 is 0 Å². The van der Waals surface area contributed by atoms with Gasteiger partial charge < -0.3 is 23.7 Å². The monoisotopic (exact) mass is 398 g/mol. The Morgan fingerprint density at radius 1 is 1.00 bits per heavy atom. The number of benzene rings is 2. The number of carbonyl (C=O) groups is 2. The molecule has 0 saturated carbocycles. The maximum absolute atomic E-state index is 12.3. The lowest BCUT2D eigenvalue weighted by atomic mass is 10.1. The quantitative estimate of drug-likeness (QED) is 0.402. The summed E-state index contributed by atoms with van der Waals surface area (Å²) in [7, 11) is 3.08. The van der Waals surface area contributed by atoms with Crippen LogP contribution < -0.4 is 18.9 Å². The molecule has 152 valence electrons. The van der Waals surface area contributed by atoms with E-state index in [4.69, 9.17) is 23.7 Å². The highest BCUT2D eigenvalue weighted by Gasteiger charge is 2.15. The lowest BCUT2D eigenvalue weighted by Gasteiger charge is -2.09. The Morgan fingerprint density at radius 2 is 1.79 bits per heavy atom. The van der Waals surface area contributed by atoms with Crippen molar-refractivity contribution in [2.75, 3.05) is 34.0 Å². The summed E-state index contributed by atoms with van der Waals surface area (Å²) >= 11 is 0. The molecule has 0 atom stereocenters. The minimum atomic E-state index is -0.641. The number of rotatable bonds is 7. The molecule has 0 N–H and O–H groups in total. The molecule has 0 bridgehead atoms. The summed E-state index contributed by atoms with van der Waals surface area (Å²) in [5.41, 5.74) is 1.04. The zero-order valence-electron chi connectivity index (χ0n) is 16.3. The number of methoxy groups -OCH3 is 2. The van der Waals surface area contributed by atoms with E-state index in [2.05, 4.69) is 0 Å². The van der Waals surface area contributed by atoms with E-state index in [1.807, 2.05) is 0 Å². The van der Waals surface area contributed by atoms with Crippen molar-refractivity contribution in [3.05, 3.63) is 53.6 Å². The van der Waals surface area contributed by atoms with Crippen LogP contribution in [0.4, 0.5) is 0 Å². The normalized spacial score (nSPS) is 12.9. The van der Waals surface area contributed by atoms with Crippen molar-refractivity contribution in [2.45, 2.75) is 6.42 Å². The number of ketones is 1. The van der Waals surface area contributed by atoms with Gasteiger partial charge in [0, 0.05) is 23.6 Å². The zero-order chi connectivity index (χ0) is 20.6. The van der Waals surface area contributed by atoms with Crippen molar-refractivity contribution in [3.8, 4) is 23.0 Å². The molecule has 1 aliphatic rings. The maximum atomic E-state index is 12.3. The van der Waals surface area contributed by atoms with E-state index in [-0.39, 0.29) is 12.4 Å². The molecular weight excluding hydrogens is 376 g/mol. The van der Waals surface area contributed by atoms with Gasteiger partial charge in [0.25, 0.3) is 0 Å². The van der Waals surface area contributed by atoms with Gasteiger partial charge in [0.05, 0.1) is 27.4 Å². The van der Waals surface area contributed by atoms with E-state index in [0.717, 1.165) is 6.42 Å². The summed E-state index contributed by atoms with van der Waals surface area (Å²) in [5.74, 6) is 1.36. The molecule has 7 nitrogen and oxygen atoms in total. The van der Waals surface area contributed by atoms with Crippen molar-refractivity contribution in [1.29, 1.82) is 0 Å². The number of hydrogen-bond acceptors (Lipinski definition) is 7. The Hall–Kier alpha value is -3.48. The van der Waals surface area contributed by atoms with Crippen molar-refractivity contribution in [1.82, 2.24) is 0 Å². The molecule has 0 spiro atoms. The van der Waals surface area contributed by atoms with Gasteiger partial charge in [-0.3, -0.25) is 4.79 Å². The van der Waals surface area contributed by atoms with Gasteiger partial charge in [0.1, 0.15) is 11.5 Å². The molecule has 7 heteroatoms. The number of fused-ring (bicyclic) bond motifs is 1. The maximum Gasteiger partial charge on any atom is 0.331 e. The fourth-order valence-electron chi connectivity index (χ4n) is 2.73. The predicted octanol–water partition coefficient (Wildman–Crippen LogP) is 3.30. The van der Waals surface area contributed by atoms with Crippen LogP contribution in [0.3, 0.4) is 0 Å². The number of ether oxygens (including phenoxy) is 5. The molecule has 1 heterocycles. The first-order chi connectivity index (χ1) is 14.1. The Bertz CT molecular complexity index is 917. The predicted molar refractivity (Wildman–Crippen MR) is 106 cm³/mol. The zero-order valence-corrected chi connectivity index (χ0v) is 16.3. The molecule has 29 heavy (non-hydrogen) atoms. The van der Waals surface area contributed by atoms with Crippen LogP contribution in [-0.2, 0) is 9.53 Å². The molecule has 0 aromatic heterocycles. The van der Waals surface area contributed by atoms with Crippen molar-refractivity contribution in [3.63, 3.8) is 0 Å². The molecule has 0 unspecified atom stereocenters. The third-order valence-corrected chi connectivity index (χ3v) is 4.25. The molecule has 3 rings (SSSR count). The second-order valence-corrected chi connectivity index (χ2v) is 6.18. The summed E-state index contributed by atoms with van der Waals surface area (Å²) in [6.45, 7) is 0.721. The average molecular weight is 398 g/mol. The second kappa shape index (κ2) is 9.64. The molecule has 0 saturated heterocycles. The molecule has 0 radical (unpaired) electrons. The minimum absolute atomic E-state index is 0.332. The van der Waals surface area contributed by atoms with Gasteiger partial charge >= 0.3 is 5.97 Å². The van der Waals surface area contributed by atoms with Gasteiger partial charge in [-0.2, -0.15) is 0 Å². The third-order valence-electron chi connectivity index (χ3n) is 4.25. The van der Waals surface area contributed by atoms with Crippen LogP contribution in [0.1, 0.15) is 22.3 Å². The van der Waals surface area contributed by atoms with E-state index < -0.39 is 5.97 Å². The van der Waals surface area contributed by atoms with Gasteiger partial charge in [-0.15, -0.1) is 0 Å². The summed E-state index contributed by atoms with van der Waals surface area (Å²) in [5, 5.41) is 0. The Morgan fingerprint density at radius 3 is 2.55 bits per heavy atom. The molecule has 0 amide bonds. The Labute approximate surface area is 168 Å². The molecule has 0 fully saturated rings. The standard InChI is InChI=1S/C22H22O7/c1-25-17-6-8-19(26-2)16(12-17)5-9-22(24)29-14-18(23)15-4-7-20-21(13-15)28-11-3-10-27-20/h4-9,12-13H,3,10-11,14H2,1-2H3/b9-5+.